The van der Waals surface area contributed by atoms with Crippen LogP contribution >= 0.6 is 11.6 Å². The van der Waals surface area contributed by atoms with Crippen LogP contribution in [0.5, 0.6) is 5.75 Å². The molecule has 1 aromatic carbocycles. The number of methoxy groups -OCH3 is 1. The zero-order valence-electron chi connectivity index (χ0n) is 17.4. The molecule has 31 heavy (non-hydrogen) atoms. The van der Waals surface area contributed by atoms with Crippen LogP contribution in [-0.4, -0.2) is 45.8 Å². The van der Waals surface area contributed by atoms with Gasteiger partial charge in [0.2, 0.25) is 5.91 Å². The van der Waals surface area contributed by atoms with Crippen LogP contribution in [0.1, 0.15) is 29.3 Å². The average molecular weight is 436 g/mol. The highest BCUT2D eigenvalue weighted by molar-refractivity contribution is 6.35. The molecule has 1 amide bonds. The lowest BCUT2D eigenvalue weighted by Gasteiger charge is -2.15. The molecular formula is C23H22ClN5O2. The van der Waals surface area contributed by atoms with E-state index in [1.807, 2.05) is 29.8 Å². The van der Waals surface area contributed by atoms with Gasteiger partial charge in [0.05, 0.1) is 35.3 Å². The van der Waals surface area contributed by atoms with Crippen LogP contribution in [0, 0.1) is 18.8 Å². The molecule has 3 aromatic rings. The van der Waals surface area contributed by atoms with Crippen molar-refractivity contribution in [2.24, 2.45) is 0 Å². The van der Waals surface area contributed by atoms with E-state index >= 15 is 0 Å². The van der Waals surface area contributed by atoms with E-state index in [0.29, 0.717) is 40.5 Å². The van der Waals surface area contributed by atoms with Crippen molar-refractivity contribution in [1.29, 1.82) is 0 Å². The molecule has 0 saturated carbocycles. The topological polar surface area (TPSA) is 86.3 Å². The predicted octanol–water partition coefficient (Wildman–Crippen LogP) is 3.34. The molecule has 0 aliphatic carbocycles. The molecule has 158 valence electrons. The van der Waals surface area contributed by atoms with Crippen LogP contribution < -0.4 is 10.5 Å². The number of nitrogens with two attached hydrogens (primary N) is 1. The highest BCUT2D eigenvalue weighted by atomic mass is 35.5. The van der Waals surface area contributed by atoms with Gasteiger partial charge in [-0.2, -0.15) is 5.10 Å². The first kappa shape index (κ1) is 20.8. The molecule has 0 bridgehead atoms. The Bertz CT molecular complexity index is 1250. The van der Waals surface area contributed by atoms with Gasteiger partial charge in [-0.3, -0.25) is 9.48 Å². The first-order chi connectivity index (χ1) is 14.9. The van der Waals surface area contributed by atoms with Crippen LogP contribution in [0.3, 0.4) is 0 Å². The summed E-state index contributed by atoms with van der Waals surface area (Å²) in [5.41, 5.74) is 9.21. The van der Waals surface area contributed by atoms with Gasteiger partial charge in [-0.05, 0) is 49.1 Å². The minimum absolute atomic E-state index is 0.0414. The molecule has 8 heteroatoms. The third kappa shape index (κ3) is 3.94. The van der Waals surface area contributed by atoms with Gasteiger partial charge in [-0.1, -0.05) is 24.1 Å². The molecule has 2 N–H and O–H groups in total. The minimum Gasteiger partial charge on any atom is -0.497 e. The summed E-state index contributed by atoms with van der Waals surface area (Å²) in [5, 5.41) is 5.80. The molecule has 3 heterocycles. The van der Waals surface area contributed by atoms with Gasteiger partial charge in [-0.25, -0.2) is 4.98 Å². The number of fused-ring (bicyclic) bond motifs is 1. The maximum Gasteiger partial charge on any atom is 0.246 e. The lowest BCUT2D eigenvalue weighted by molar-refractivity contribution is -0.125. The number of likely N-dealkylation sites (tertiary alicyclic amines) is 1. The van der Waals surface area contributed by atoms with Gasteiger partial charge >= 0.3 is 0 Å². The van der Waals surface area contributed by atoms with Crippen molar-refractivity contribution in [3.8, 4) is 17.6 Å². The Morgan fingerprint density at radius 3 is 2.94 bits per heavy atom. The predicted molar refractivity (Wildman–Crippen MR) is 121 cm³/mol. The Morgan fingerprint density at radius 2 is 2.19 bits per heavy atom. The normalized spacial score (nSPS) is 15.6. The van der Waals surface area contributed by atoms with Gasteiger partial charge in [-0.15, -0.1) is 0 Å². The largest absolute Gasteiger partial charge is 0.497 e. The van der Waals surface area contributed by atoms with E-state index in [0.717, 1.165) is 23.3 Å². The van der Waals surface area contributed by atoms with E-state index in [1.54, 1.807) is 12.0 Å². The zero-order valence-corrected chi connectivity index (χ0v) is 18.1. The van der Waals surface area contributed by atoms with E-state index in [2.05, 4.69) is 23.4 Å². The number of aryl methyl sites for hydroxylation is 1. The molecule has 2 aromatic heterocycles. The number of carbonyl (C=O) groups is 1. The number of amides is 1. The number of nitrogen functional groups attached to an aromatic ring is 1. The van der Waals surface area contributed by atoms with Crippen molar-refractivity contribution in [1.82, 2.24) is 19.7 Å². The standard InChI is InChI=1S/C23H22ClN5O2/c1-4-20(30)28-8-7-16(13-28)29-22-18(24)12-26-23(25)21(22)19(27-29)6-5-15-9-14(2)10-17(11-15)31-3/h4,9-12,16H,1,7-8,13H2,2-3H3,(H2,25,26). The third-order valence-corrected chi connectivity index (χ3v) is 5.59. The first-order valence-electron chi connectivity index (χ1n) is 9.82. The lowest BCUT2D eigenvalue weighted by Crippen LogP contribution is -2.27. The van der Waals surface area contributed by atoms with Crippen LogP contribution in [0.25, 0.3) is 10.9 Å². The highest BCUT2D eigenvalue weighted by Gasteiger charge is 2.29. The summed E-state index contributed by atoms with van der Waals surface area (Å²) in [4.78, 5) is 17.9. The van der Waals surface area contributed by atoms with Crippen molar-refractivity contribution in [2.45, 2.75) is 19.4 Å². The summed E-state index contributed by atoms with van der Waals surface area (Å²) in [6.07, 6.45) is 3.59. The summed E-state index contributed by atoms with van der Waals surface area (Å²) in [6, 6.07) is 5.73. The summed E-state index contributed by atoms with van der Waals surface area (Å²) >= 11 is 6.49. The number of rotatable bonds is 3. The van der Waals surface area contributed by atoms with Gasteiger partial charge in [0.15, 0.2) is 0 Å². The van der Waals surface area contributed by atoms with E-state index in [4.69, 9.17) is 27.2 Å². The number of aromatic nitrogens is 3. The maximum atomic E-state index is 12.0. The van der Waals surface area contributed by atoms with Gasteiger partial charge in [0.1, 0.15) is 17.3 Å². The number of hydrogen-bond donors (Lipinski definition) is 1. The van der Waals surface area contributed by atoms with Crippen molar-refractivity contribution in [2.75, 3.05) is 25.9 Å². The zero-order chi connectivity index (χ0) is 22.1. The minimum atomic E-state index is -0.0975. The number of pyridine rings is 1. The average Bonchev–Trinajstić information content (AvgIpc) is 3.39. The highest BCUT2D eigenvalue weighted by Crippen LogP contribution is 2.33. The van der Waals surface area contributed by atoms with Crippen molar-refractivity contribution in [3.63, 3.8) is 0 Å². The molecule has 7 nitrogen and oxygen atoms in total. The molecular weight excluding hydrogens is 414 g/mol. The fourth-order valence-electron chi connectivity index (χ4n) is 3.85. The Kier molecular flexibility index (Phi) is 5.57. The molecule has 1 atom stereocenters. The number of benzene rings is 1. The molecule has 0 radical (unpaired) electrons. The van der Waals surface area contributed by atoms with E-state index < -0.39 is 0 Å². The number of halogens is 1. The number of ether oxygens (including phenoxy) is 1. The Labute approximate surface area is 185 Å². The van der Waals surface area contributed by atoms with E-state index in [-0.39, 0.29) is 11.9 Å². The Hall–Kier alpha value is -3.50. The van der Waals surface area contributed by atoms with Gasteiger partial charge in [0.25, 0.3) is 0 Å². The SMILES string of the molecule is C=CC(=O)N1CCC(n2nc(C#Cc3cc(C)cc(OC)c3)c3c(N)ncc(Cl)c32)C1. The van der Waals surface area contributed by atoms with E-state index in [1.165, 1.54) is 12.3 Å². The van der Waals surface area contributed by atoms with Crippen molar-refractivity contribution in [3.05, 3.63) is 58.9 Å². The molecule has 0 spiro atoms. The second kappa shape index (κ2) is 8.32. The lowest BCUT2D eigenvalue weighted by atomic mass is 10.1. The molecule has 1 fully saturated rings. The fraction of sp³-hybridized carbons (Fsp3) is 0.261. The van der Waals surface area contributed by atoms with Crippen molar-refractivity contribution >= 4 is 34.2 Å². The summed E-state index contributed by atoms with van der Waals surface area (Å²) in [6.45, 7) is 6.69. The third-order valence-electron chi connectivity index (χ3n) is 5.32. The smallest absolute Gasteiger partial charge is 0.246 e. The molecule has 1 aliphatic rings. The summed E-state index contributed by atoms with van der Waals surface area (Å²) in [7, 11) is 1.62. The summed E-state index contributed by atoms with van der Waals surface area (Å²) < 4.78 is 7.16. The fourth-order valence-corrected chi connectivity index (χ4v) is 4.08. The van der Waals surface area contributed by atoms with Gasteiger partial charge in [0, 0.05) is 18.7 Å². The van der Waals surface area contributed by atoms with Crippen LogP contribution in [-0.2, 0) is 4.79 Å². The van der Waals surface area contributed by atoms with Crippen LogP contribution in [0.15, 0.2) is 37.1 Å². The molecule has 1 unspecified atom stereocenters. The number of nitrogens with zero attached hydrogens (tertiary/aromatic N) is 4. The van der Waals surface area contributed by atoms with Crippen LogP contribution in [0.2, 0.25) is 5.02 Å². The second-order valence-corrected chi connectivity index (χ2v) is 7.84. The first-order valence-corrected chi connectivity index (χ1v) is 10.2. The maximum absolute atomic E-state index is 12.0. The number of hydrogen-bond acceptors (Lipinski definition) is 5. The quantitative estimate of drug-likeness (QED) is 0.503. The van der Waals surface area contributed by atoms with Crippen molar-refractivity contribution < 1.29 is 9.53 Å². The van der Waals surface area contributed by atoms with Gasteiger partial charge < -0.3 is 15.4 Å². The number of carbonyl (C=O) groups excluding carboxylic acids is 1. The Morgan fingerprint density at radius 1 is 1.39 bits per heavy atom. The number of anilines is 1. The Balaban J connectivity index is 1.80. The van der Waals surface area contributed by atoms with E-state index in [9.17, 15) is 4.79 Å². The molecule has 1 aliphatic heterocycles. The second-order valence-electron chi connectivity index (χ2n) is 7.43. The molecule has 4 rings (SSSR count). The summed E-state index contributed by atoms with van der Waals surface area (Å²) in [5.74, 6) is 7.23. The molecule has 1 saturated heterocycles. The van der Waals surface area contributed by atoms with Crippen LogP contribution in [0.4, 0.5) is 5.82 Å². The monoisotopic (exact) mass is 435 g/mol.